The largest absolute Gasteiger partial charge is 0.224 e. The van der Waals surface area contributed by atoms with Crippen molar-refractivity contribution in [3.63, 3.8) is 0 Å². The maximum Gasteiger partial charge on any atom is 0.224 e. The lowest BCUT2D eigenvalue weighted by Gasteiger charge is -2.01. The Morgan fingerprint density at radius 1 is 0.895 bits per heavy atom. The summed E-state index contributed by atoms with van der Waals surface area (Å²) in [6.45, 7) is 0. The molecular weight excluding hydrogens is 299 g/mol. The zero-order chi connectivity index (χ0) is 13.0. The van der Waals surface area contributed by atoms with Gasteiger partial charge in [0.15, 0.2) is 0 Å². The van der Waals surface area contributed by atoms with E-state index < -0.39 is 0 Å². The molecule has 0 aliphatic carbocycles. The molecule has 2 aromatic heterocycles. The Bertz CT molecular complexity index is 946. The maximum absolute atomic E-state index is 6.24. The van der Waals surface area contributed by atoms with Crippen molar-refractivity contribution in [3.8, 4) is 0 Å². The molecule has 0 amide bonds. The molecule has 92 valence electrons. The Balaban J connectivity index is 2.31. The molecule has 0 N–H and O–H groups in total. The molecule has 4 rings (SSSR count). The monoisotopic (exact) mass is 304 g/mol. The highest BCUT2D eigenvalue weighted by molar-refractivity contribution is 7.26. The van der Waals surface area contributed by atoms with Gasteiger partial charge >= 0.3 is 0 Å². The van der Waals surface area contributed by atoms with Gasteiger partial charge in [-0.05, 0) is 23.7 Å². The van der Waals surface area contributed by atoms with E-state index in [0.29, 0.717) is 5.15 Å². The third-order valence-electron chi connectivity index (χ3n) is 3.13. The molecule has 2 aromatic carbocycles. The summed E-state index contributed by atoms with van der Waals surface area (Å²) in [7, 11) is 0. The third kappa shape index (κ3) is 1.62. The van der Waals surface area contributed by atoms with Gasteiger partial charge in [-0.1, -0.05) is 35.9 Å². The van der Waals surface area contributed by atoms with Crippen molar-refractivity contribution in [3.05, 3.63) is 46.8 Å². The van der Waals surface area contributed by atoms with Crippen LogP contribution in [-0.2, 0) is 0 Å². The Hall–Kier alpha value is -1.42. The lowest BCUT2D eigenvalue weighted by atomic mass is 10.1. The second kappa shape index (κ2) is 4.04. The van der Waals surface area contributed by atoms with E-state index in [0.717, 1.165) is 15.6 Å². The number of fused-ring (bicyclic) bond motifs is 5. The molecule has 0 bridgehead atoms. The molecule has 0 saturated heterocycles. The van der Waals surface area contributed by atoms with Crippen LogP contribution in [0.2, 0.25) is 10.4 Å². The average Bonchev–Trinajstić information content (AvgIpc) is 2.76. The summed E-state index contributed by atoms with van der Waals surface area (Å²) in [5.74, 6) is 0. The van der Waals surface area contributed by atoms with E-state index in [1.165, 1.54) is 15.5 Å². The third-order valence-corrected chi connectivity index (χ3v) is 4.78. The van der Waals surface area contributed by atoms with E-state index in [1.54, 1.807) is 11.3 Å². The van der Waals surface area contributed by atoms with Crippen molar-refractivity contribution in [2.45, 2.75) is 0 Å². The van der Waals surface area contributed by atoms with Crippen molar-refractivity contribution in [2.75, 3.05) is 0 Å². The lowest BCUT2D eigenvalue weighted by Crippen LogP contribution is -1.86. The number of aromatic nitrogens is 2. The van der Waals surface area contributed by atoms with E-state index in [1.807, 2.05) is 18.2 Å². The van der Waals surface area contributed by atoms with Crippen LogP contribution in [0.1, 0.15) is 0 Å². The Morgan fingerprint density at radius 2 is 1.74 bits per heavy atom. The topological polar surface area (TPSA) is 25.8 Å². The van der Waals surface area contributed by atoms with Gasteiger partial charge in [0.2, 0.25) is 5.28 Å². The van der Waals surface area contributed by atoms with Crippen LogP contribution in [0, 0.1) is 0 Å². The number of hydrogen-bond acceptors (Lipinski definition) is 3. The number of hydrogen-bond donors (Lipinski definition) is 0. The molecule has 5 heteroatoms. The Morgan fingerprint density at radius 3 is 2.63 bits per heavy atom. The quantitative estimate of drug-likeness (QED) is 0.325. The van der Waals surface area contributed by atoms with Crippen LogP contribution in [0.3, 0.4) is 0 Å². The van der Waals surface area contributed by atoms with Crippen LogP contribution in [0.5, 0.6) is 0 Å². The van der Waals surface area contributed by atoms with Crippen LogP contribution in [0.4, 0.5) is 0 Å². The summed E-state index contributed by atoms with van der Waals surface area (Å²) in [6, 6.07) is 12.3. The van der Waals surface area contributed by atoms with Gasteiger partial charge in [-0.2, -0.15) is 0 Å². The van der Waals surface area contributed by atoms with Crippen molar-refractivity contribution in [1.29, 1.82) is 0 Å². The molecule has 0 aliphatic rings. The van der Waals surface area contributed by atoms with Crippen molar-refractivity contribution in [2.24, 2.45) is 0 Å². The first-order valence-corrected chi connectivity index (χ1v) is 7.24. The summed E-state index contributed by atoms with van der Waals surface area (Å²) in [5.41, 5.74) is 0.782. The zero-order valence-corrected chi connectivity index (χ0v) is 11.9. The van der Waals surface area contributed by atoms with E-state index in [9.17, 15) is 0 Å². The molecule has 0 fully saturated rings. The first-order valence-electron chi connectivity index (χ1n) is 5.67. The van der Waals surface area contributed by atoms with Gasteiger partial charge in [0.05, 0.1) is 10.9 Å². The van der Waals surface area contributed by atoms with Gasteiger partial charge < -0.3 is 0 Å². The summed E-state index contributed by atoms with van der Waals surface area (Å²) in [6.07, 6.45) is 0. The zero-order valence-electron chi connectivity index (χ0n) is 9.52. The minimum Gasteiger partial charge on any atom is -0.218 e. The van der Waals surface area contributed by atoms with Gasteiger partial charge in [-0.25, -0.2) is 9.97 Å². The highest BCUT2D eigenvalue weighted by atomic mass is 35.5. The lowest BCUT2D eigenvalue weighted by molar-refractivity contribution is 1.23. The molecule has 0 unspecified atom stereocenters. The summed E-state index contributed by atoms with van der Waals surface area (Å²) < 4.78 is 2.34. The minimum absolute atomic E-state index is 0.179. The van der Waals surface area contributed by atoms with Gasteiger partial charge in [0.1, 0.15) is 5.15 Å². The van der Waals surface area contributed by atoms with Crippen molar-refractivity contribution < 1.29 is 0 Å². The maximum atomic E-state index is 6.24. The molecular formula is C14H6Cl2N2S. The molecule has 2 nitrogen and oxygen atoms in total. The van der Waals surface area contributed by atoms with E-state index in [-0.39, 0.29) is 5.28 Å². The van der Waals surface area contributed by atoms with E-state index in [4.69, 9.17) is 23.2 Å². The number of rotatable bonds is 0. The smallest absolute Gasteiger partial charge is 0.218 e. The van der Waals surface area contributed by atoms with Crippen molar-refractivity contribution >= 4 is 65.6 Å². The SMILES string of the molecule is Clc1nc(Cl)c2c(ccc3c4ccccc4sc32)n1. The Kier molecular flexibility index (Phi) is 2.42. The van der Waals surface area contributed by atoms with Crippen molar-refractivity contribution in [1.82, 2.24) is 9.97 Å². The standard InChI is InChI=1S/C14H6Cl2N2S/c15-13-11-9(17-14(16)18-13)6-5-8-7-3-1-2-4-10(7)19-12(8)11/h1-6H. The summed E-state index contributed by atoms with van der Waals surface area (Å²) >= 11 is 13.8. The molecule has 4 aromatic rings. The van der Waals surface area contributed by atoms with Crippen LogP contribution in [0.25, 0.3) is 31.1 Å². The van der Waals surface area contributed by atoms with Gasteiger partial charge in [0.25, 0.3) is 0 Å². The second-order valence-corrected chi connectivity index (χ2v) is 5.97. The van der Waals surface area contributed by atoms with Crippen LogP contribution in [-0.4, -0.2) is 9.97 Å². The second-order valence-electron chi connectivity index (χ2n) is 4.22. The van der Waals surface area contributed by atoms with E-state index >= 15 is 0 Å². The number of benzene rings is 2. The molecule has 0 atom stereocenters. The number of halogens is 2. The Labute approximate surface area is 122 Å². The fraction of sp³-hybridized carbons (Fsp3) is 0. The summed E-state index contributed by atoms with van der Waals surface area (Å²) in [4.78, 5) is 8.28. The molecule has 2 heterocycles. The van der Waals surface area contributed by atoms with Gasteiger partial charge in [-0.3, -0.25) is 0 Å². The number of thiophene rings is 1. The molecule has 0 saturated carbocycles. The first-order chi connectivity index (χ1) is 9.24. The predicted octanol–water partition coefficient (Wildman–Crippen LogP) is 5.30. The fourth-order valence-electron chi connectivity index (χ4n) is 2.33. The first kappa shape index (κ1) is 11.4. The molecule has 0 radical (unpaired) electrons. The molecule has 19 heavy (non-hydrogen) atoms. The molecule has 0 spiro atoms. The fourth-order valence-corrected chi connectivity index (χ4v) is 4.12. The predicted molar refractivity (Wildman–Crippen MR) is 82.4 cm³/mol. The minimum atomic E-state index is 0.179. The van der Waals surface area contributed by atoms with Crippen LogP contribution < -0.4 is 0 Å². The normalized spacial score (nSPS) is 11.7. The van der Waals surface area contributed by atoms with Crippen LogP contribution in [0.15, 0.2) is 36.4 Å². The van der Waals surface area contributed by atoms with E-state index in [2.05, 4.69) is 28.2 Å². The average molecular weight is 305 g/mol. The molecule has 0 aliphatic heterocycles. The summed E-state index contributed by atoms with van der Waals surface area (Å²) in [5, 5.41) is 3.88. The highest BCUT2D eigenvalue weighted by Gasteiger charge is 2.12. The number of nitrogens with zero attached hydrogens (tertiary/aromatic N) is 2. The van der Waals surface area contributed by atoms with Crippen LogP contribution >= 0.6 is 34.5 Å². The van der Waals surface area contributed by atoms with Gasteiger partial charge in [0, 0.05) is 20.2 Å². The van der Waals surface area contributed by atoms with Gasteiger partial charge in [-0.15, -0.1) is 11.3 Å². The highest BCUT2D eigenvalue weighted by Crippen LogP contribution is 2.39.